The molecule has 96 valence electrons. The molecule has 4 nitrogen and oxygen atoms in total. The van der Waals surface area contributed by atoms with Gasteiger partial charge in [-0.2, -0.15) is 0 Å². The molecule has 1 unspecified atom stereocenters. The summed E-state index contributed by atoms with van der Waals surface area (Å²) in [5.41, 5.74) is 1.34. The topological polar surface area (TPSA) is 42.7 Å². The van der Waals surface area contributed by atoms with Crippen LogP contribution in [0, 0.1) is 0 Å². The van der Waals surface area contributed by atoms with Crippen molar-refractivity contribution in [3.63, 3.8) is 0 Å². The Bertz CT molecular complexity index is 464. The zero-order valence-electron chi connectivity index (χ0n) is 11.0. The minimum Gasteiger partial charge on any atom is -0.338 e. The predicted molar refractivity (Wildman–Crippen MR) is 72.3 cm³/mol. The molecular formula is C14H20N4. The van der Waals surface area contributed by atoms with Crippen molar-refractivity contribution < 1.29 is 0 Å². The van der Waals surface area contributed by atoms with Crippen LogP contribution in [-0.4, -0.2) is 27.6 Å². The third kappa shape index (κ3) is 3.40. The summed E-state index contributed by atoms with van der Waals surface area (Å²) in [6.07, 6.45) is 10.7. The molecule has 0 saturated heterocycles. The van der Waals surface area contributed by atoms with Crippen molar-refractivity contribution in [1.29, 1.82) is 0 Å². The lowest BCUT2D eigenvalue weighted by molar-refractivity contribution is 0.502. The number of imidazole rings is 1. The molecule has 2 heterocycles. The lowest BCUT2D eigenvalue weighted by atomic mass is 10.0. The van der Waals surface area contributed by atoms with Gasteiger partial charge in [0.1, 0.15) is 5.82 Å². The quantitative estimate of drug-likeness (QED) is 0.839. The Morgan fingerprint density at radius 1 is 1.28 bits per heavy atom. The van der Waals surface area contributed by atoms with Crippen molar-refractivity contribution in [3.05, 3.63) is 48.3 Å². The number of hydrogen-bond acceptors (Lipinski definition) is 3. The molecular weight excluding hydrogens is 224 g/mol. The molecule has 0 amide bonds. The molecule has 0 fully saturated rings. The molecule has 0 radical (unpaired) electrons. The Morgan fingerprint density at radius 2 is 2.06 bits per heavy atom. The molecule has 1 N–H and O–H groups in total. The Labute approximate surface area is 108 Å². The van der Waals surface area contributed by atoms with Gasteiger partial charge in [0.2, 0.25) is 0 Å². The van der Waals surface area contributed by atoms with Gasteiger partial charge in [-0.25, -0.2) is 4.98 Å². The first kappa shape index (κ1) is 12.8. The number of nitrogens with one attached hydrogen (secondary N) is 1. The number of rotatable bonds is 6. The van der Waals surface area contributed by atoms with Gasteiger partial charge in [-0.15, -0.1) is 0 Å². The fraction of sp³-hybridized carbons (Fsp3) is 0.429. The molecule has 0 saturated carbocycles. The Hall–Kier alpha value is -1.68. The van der Waals surface area contributed by atoms with E-state index in [0.29, 0.717) is 6.04 Å². The summed E-state index contributed by atoms with van der Waals surface area (Å²) in [5, 5.41) is 3.37. The summed E-state index contributed by atoms with van der Waals surface area (Å²) in [4.78, 5) is 8.41. The SMILES string of the molecule is CNC(CCc1ccncc1)Cc1nccn1C. The maximum absolute atomic E-state index is 4.37. The van der Waals surface area contributed by atoms with E-state index in [-0.39, 0.29) is 0 Å². The van der Waals surface area contributed by atoms with Gasteiger partial charge in [-0.3, -0.25) is 4.98 Å². The highest BCUT2D eigenvalue weighted by Gasteiger charge is 2.10. The van der Waals surface area contributed by atoms with Crippen molar-refractivity contribution in [2.45, 2.75) is 25.3 Å². The van der Waals surface area contributed by atoms with E-state index in [1.54, 1.807) is 0 Å². The number of pyridine rings is 1. The van der Waals surface area contributed by atoms with E-state index in [0.717, 1.165) is 25.1 Å². The van der Waals surface area contributed by atoms with Crippen molar-refractivity contribution in [1.82, 2.24) is 19.9 Å². The summed E-state index contributed by atoms with van der Waals surface area (Å²) in [5.74, 6) is 1.13. The number of nitrogens with zero attached hydrogens (tertiary/aromatic N) is 3. The van der Waals surface area contributed by atoms with Crippen LogP contribution in [0.3, 0.4) is 0 Å². The van der Waals surface area contributed by atoms with Crippen LogP contribution in [0.5, 0.6) is 0 Å². The third-order valence-corrected chi connectivity index (χ3v) is 3.29. The van der Waals surface area contributed by atoms with E-state index in [4.69, 9.17) is 0 Å². The molecule has 1 atom stereocenters. The first-order valence-corrected chi connectivity index (χ1v) is 6.32. The van der Waals surface area contributed by atoms with E-state index in [1.165, 1.54) is 5.56 Å². The van der Waals surface area contributed by atoms with E-state index < -0.39 is 0 Å². The van der Waals surface area contributed by atoms with Gasteiger partial charge in [-0.1, -0.05) is 0 Å². The second kappa shape index (κ2) is 6.31. The van der Waals surface area contributed by atoms with Gasteiger partial charge in [0, 0.05) is 44.3 Å². The Balaban J connectivity index is 1.88. The van der Waals surface area contributed by atoms with E-state index >= 15 is 0 Å². The summed E-state index contributed by atoms with van der Waals surface area (Å²) in [6.45, 7) is 0. The first-order chi connectivity index (χ1) is 8.79. The smallest absolute Gasteiger partial charge is 0.109 e. The van der Waals surface area contributed by atoms with Crippen LogP contribution in [-0.2, 0) is 19.9 Å². The van der Waals surface area contributed by atoms with Gasteiger partial charge >= 0.3 is 0 Å². The van der Waals surface area contributed by atoms with Gasteiger partial charge < -0.3 is 9.88 Å². The molecule has 0 aliphatic heterocycles. The molecule has 2 rings (SSSR count). The maximum atomic E-state index is 4.37. The molecule has 0 aliphatic carbocycles. The number of hydrogen-bond donors (Lipinski definition) is 1. The van der Waals surface area contributed by atoms with Crippen molar-refractivity contribution in [2.24, 2.45) is 7.05 Å². The predicted octanol–water partition coefficient (Wildman–Crippen LogP) is 1.58. The number of aromatic nitrogens is 3. The Kier molecular flexibility index (Phi) is 4.47. The van der Waals surface area contributed by atoms with Crippen molar-refractivity contribution in [3.8, 4) is 0 Å². The summed E-state index contributed by atoms with van der Waals surface area (Å²) in [7, 11) is 4.05. The first-order valence-electron chi connectivity index (χ1n) is 6.32. The van der Waals surface area contributed by atoms with E-state index in [9.17, 15) is 0 Å². The molecule has 2 aromatic rings. The molecule has 0 aliphatic rings. The molecule has 0 spiro atoms. The van der Waals surface area contributed by atoms with Crippen LogP contribution in [0.25, 0.3) is 0 Å². The molecule has 2 aromatic heterocycles. The van der Waals surface area contributed by atoms with Gasteiger partial charge in [0.05, 0.1) is 0 Å². The van der Waals surface area contributed by atoms with Crippen LogP contribution in [0.2, 0.25) is 0 Å². The highest BCUT2D eigenvalue weighted by Crippen LogP contribution is 2.08. The molecule has 4 heteroatoms. The molecule has 0 aromatic carbocycles. The highest BCUT2D eigenvalue weighted by molar-refractivity contribution is 5.10. The van der Waals surface area contributed by atoms with Gasteiger partial charge in [0.25, 0.3) is 0 Å². The largest absolute Gasteiger partial charge is 0.338 e. The summed E-state index contributed by atoms with van der Waals surface area (Å²) < 4.78 is 2.08. The average Bonchev–Trinajstić information content (AvgIpc) is 2.81. The van der Waals surface area contributed by atoms with Crippen molar-refractivity contribution >= 4 is 0 Å². The maximum Gasteiger partial charge on any atom is 0.109 e. The third-order valence-electron chi connectivity index (χ3n) is 3.29. The fourth-order valence-corrected chi connectivity index (χ4v) is 2.05. The number of aryl methyl sites for hydroxylation is 2. The average molecular weight is 244 g/mol. The fourth-order valence-electron chi connectivity index (χ4n) is 2.05. The van der Waals surface area contributed by atoms with Gasteiger partial charge in [0.15, 0.2) is 0 Å². The second-order valence-electron chi connectivity index (χ2n) is 4.54. The van der Waals surface area contributed by atoms with Gasteiger partial charge in [-0.05, 0) is 37.6 Å². The zero-order chi connectivity index (χ0) is 12.8. The van der Waals surface area contributed by atoms with Crippen LogP contribution < -0.4 is 5.32 Å². The zero-order valence-corrected chi connectivity index (χ0v) is 11.0. The van der Waals surface area contributed by atoms with Crippen molar-refractivity contribution in [2.75, 3.05) is 7.05 Å². The molecule has 18 heavy (non-hydrogen) atoms. The standard InChI is InChI=1S/C14H20N4/c1-15-13(11-14-17-9-10-18(14)2)4-3-12-5-7-16-8-6-12/h5-10,13,15H,3-4,11H2,1-2H3. The van der Waals surface area contributed by atoms with E-state index in [1.807, 2.05) is 38.9 Å². The second-order valence-corrected chi connectivity index (χ2v) is 4.54. The van der Waals surface area contributed by atoms with Crippen LogP contribution in [0.1, 0.15) is 17.8 Å². The van der Waals surface area contributed by atoms with Crippen LogP contribution >= 0.6 is 0 Å². The van der Waals surface area contributed by atoms with Crippen LogP contribution in [0.15, 0.2) is 36.9 Å². The summed E-state index contributed by atoms with van der Waals surface area (Å²) >= 11 is 0. The minimum absolute atomic E-state index is 0.458. The van der Waals surface area contributed by atoms with E-state index in [2.05, 4.69) is 32.0 Å². The monoisotopic (exact) mass is 244 g/mol. The Morgan fingerprint density at radius 3 is 2.67 bits per heavy atom. The minimum atomic E-state index is 0.458. The lowest BCUT2D eigenvalue weighted by Crippen LogP contribution is -2.29. The van der Waals surface area contributed by atoms with Crippen LogP contribution in [0.4, 0.5) is 0 Å². The summed E-state index contributed by atoms with van der Waals surface area (Å²) in [6, 6.07) is 4.61. The lowest BCUT2D eigenvalue weighted by Gasteiger charge is -2.15. The number of likely N-dealkylation sites (N-methyl/N-ethyl adjacent to an activating group) is 1. The normalized spacial score (nSPS) is 12.6. The highest BCUT2D eigenvalue weighted by atomic mass is 15.0. The molecule has 0 bridgehead atoms.